The van der Waals surface area contributed by atoms with Gasteiger partial charge >= 0.3 is 0 Å². The highest BCUT2D eigenvalue weighted by atomic mass is 16.5. The molecule has 1 amide bonds. The standard InChI is InChI=1S/C19H22N2O3/c1-13-5-6-15(14(2)9-13)11-19(22)21-20-12-16-10-17(23-3)7-8-18(16)24-4/h5-10,12H,11H2,1-4H3,(H,21,22)/b20-12+. The first kappa shape index (κ1) is 17.5. The monoisotopic (exact) mass is 326 g/mol. The Morgan fingerprint density at radius 3 is 2.58 bits per heavy atom. The average molecular weight is 326 g/mol. The lowest BCUT2D eigenvalue weighted by Crippen LogP contribution is -2.20. The molecule has 0 aliphatic heterocycles. The van der Waals surface area contributed by atoms with E-state index in [-0.39, 0.29) is 5.91 Å². The minimum absolute atomic E-state index is 0.167. The lowest BCUT2D eigenvalue weighted by atomic mass is 10.0. The highest BCUT2D eigenvalue weighted by Crippen LogP contribution is 2.22. The van der Waals surface area contributed by atoms with Gasteiger partial charge in [-0.1, -0.05) is 23.8 Å². The first-order chi connectivity index (χ1) is 11.5. The molecule has 5 heteroatoms. The zero-order valence-electron chi connectivity index (χ0n) is 14.4. The van der Waals surface area contributed by atoms with E-state index < -0.39 is 0 Å². The maximum absolute atomic E-state index is 12.0. The van der Waals surface area contributed by atoms with Gasteiger partial charge in [-0.2, -0.15) is 5.10 Å². The van der Waals surface area contributed by atoms with Gasteiger partial charge in [0.1, 0.15) is 11.5 Å². The molecule has 24 heavy (non-hydrogen) atoms. The van der Waals surface area contributed by atoms with E-state index in [1.165, 1.54) is 5.56 Å². The predicted molar refractivity (Wildman–Crippen MR) is 94.9 cm³/mol. The minimum atomic E-state index is -0.167. The molecule has 0 bridgehead atoms. The number of rotatable bonds is 6. The molecule has 0 saturated heterocycles. The second-order valence-corrected chi connectivity index (χ2v) is 5.51. The number of aryl methyl sites for hydroxylation is 2. The topological polar surface area (TPSA) is 59.9 Å². The summed E-state index contributed by atoms with van der Waals surface area (Å²) in [6.07, 6.45) is 1.83. The van der Waals surface area contributed by atoms with Gasteiger partial charge in [0.2, 0.25) is 5.91 Å². The molecule has 5 nitrogen and oxygen atoms in total. The van der Waals surface area contributed by atoms with E-state index in [0.29, 0.717) is 17.9 Å². The number of hydrogen-bond acceptors (Lipinski definition) is 4. The summed E-state index contributed by atoms with van der Waals surface area (Å²) in [6.45, 7) is 4.03. The van der Waals surface area contributed by atoms with Crippen LogP contribution < -0.4 is 14.9 Å². The van der Waals surface area contributed by atoms with Gasteiger partial charge in [0, 0.05) is 5.56 Å². The van der Waals surface area contributed by atoms with Crippen LogP contribution in [0.15, 0.2) is 41.5 Å². The van der Waals surface area contributed by atoms with Gasteiger partial charge in [-0.05, 0) is 43.2 Å². The molecule has 0 saturated carbocycles. The molecule has 2 aromatic carbocycles. The van der Waals surface area contributed by atoms with E-state index in [4.69, 9.17) is 9.47 Å². The van der Waals surface area contributed by atoms with Crippen molar-refractivity contribution in [3.8, 4) is 11.5 Å². The SMILES string of the molecule is COc1ccc(OC)c(/C=N/NC(=O)Cc2ccc(C)cc2C)c1. The van der Waals surface area contributed by atoms with Gasteiger partial charge in [-0.25, -0.2) is 5.43 Å². The third-order valence-corrected chi connectivity index (χ3v) is 3.68. The van der Waals surface area contributed by atoms with Gasteiger partial charge in [-0.3, -0.25) is 4.79 Å². The van der Waals surface area contributed by atoms with Crippen LogP contribution in [0, 0.1) is 13.8 Å². The summed E-state index contributed by atoms with van der Waals surface area (Å²) >= 11 is 0. The quantitative estimate of drug-likeness (QED) is 0.656. The number of hydrazone groups is 1. The Labute approximate surface area is 142 Å². The molecular weight excluding hydrogens is 304 g/mol. The van der Waals surface area contributed by atoms with Crippen molar-refractivity contribution in [1.82, 2.24) is 5.43 Å². The molecule has 0 spiro atoms. The molecule has 0 fully saturated rings. The van der Waals surface area contributed by atoms with Crippen molar-refractivity contribution >= 4 is 12.1 Å². The van der Waals surface area contributed by atoms with Crippen LogP contribution in [0.5, 0.6) is 11.5 Å². The Bertz CT molecular complexity index is 754. The second kappa shape index (κ2) is 8.15. The number of hydrogen-bond donors (Lipinski definition) is 1. The number of nitrogens with one attached hydrogen (secondary N) is 1. The molecule has 1 N–H and O–H groups in total. The number of ether oxygens (including phenoxy) is 2. The second-order valence-electron chi connectivity index (χ2n) is 5.51. The Balaban J connectivity index is 2.02. The van der Waals surface area contributed by atoms with Crippen molar-refractivity contribution in [3.05, 3.63) is 58.7 Å². The Morgan fingerprint density at radius 2 is 1.92 bits per heavy atom. The molecule has 0 radical (unpaired) electrons. The van der Waals surface area contributed by atoms with Crippen LogP contribution in [-0.4, -0.2) is 26.3 Å². The summed E-state index contributed by atoms with van der Waals surface area (Å²) in [4.78, 5) is 12.0. The average Bonchev–Trinajstić information content (AvgIpc) is 2.57. The number of amides is 1. The van der Waals surface area contributed by atoms with E-state index in [1.54, 1.807) is 38.6 Å². The predicted octanol–water partition coefficient (Wildman–Crippen LogP) is 3.01. The number of carbonyl (C=O) groups excluding carboxylic acids is 1. The maximum atomic E-state index is 12.0. The molecular formula is C19H22N2O3. The minimum Gasteiger partial charge on any atom is -0.497 e. The van der Waals surface area contributed by atoms with Crippen LogP contribution >= 0.6 is 0 Å². The van der Waals surface area contributed by atoms with Crippen molar-refractivity contribution in [2.24, 2.45) is 5.10 Å². The largest absolute Gasteiger partial charge is 0.497 e. The summed E-state index contributed by atoms with van der Waals surface area (Å²) in [7, 11) is 3.17. The van der Waals surface area contributed by atoms with Gasteiger partial charge in [-0.15, -0.1) is 0 Å². The van der Waals surface area contributed by atoms with Crippen molar-refractivity contribution in [1.29, 1.82) is 0 Å². The Morgan fingerprint density at radius 1 is 1.12 bits per heavy atom. The molecule has 126 valence electrons. The van der Waals surface area contributed by atoms with Gasteiger partial charge in [0.05, 0.1) is 26.9 Å². The van der Waals surface area contributed by atoms with Crippen LogP contribution in [0.1, 0.15) is 22.3 Å². The van der Waals surface area contributed by atoms with Crippen molar-refractivity contribution in [2.75, 3.05) is 14.2 Å². The Kier molecular flexibility index (Phi) is 5.95. The summed E-state index contributed by atoms with van der Waals surface area (Å²) in [5.74, 6) is 1.18. The van der Waals surface area contributed by atoms with Crippen LogP contribution in [0.2, 0.25) is 0 Å². The van der Waals surface area contributed by atoms with E-state index in [2.05, 4.69) is 16.6 Å². The fraction of sp³-hybridized carbons (Fsp3) is 0.263. The molecule has 0 unspecified atom stereocenters. The molecule has 2 aromatic rings. The number of carbonyl (C=O) groups is 1. The van der Waals surface area contributed by atoms with Gasteiger partial charge in [0.15, 0.2) is 0 Å². The first-order valence-electron chi connectivity index (χ1n) is 7.63. The van der Waals surface area contributed by atoms with Crippen LogP contribution in [-0.2, 0) is 11.2 Å². The summed E-state index contributed by atoms with van der Waals surface area (Å²) in [5, 5.41) is 4.01. The molecule has 0 aromatic heterocycles. The smallest absolute Gasteiger partial charge is 0.244 e. The molecule has 2 rings (SSSR count). The fourth-order valence-corrected chi connectivity index (χ4v) is 2.37. The van der Waals surface area contributed by atoms with Crippen LogP contribution in [0.3, 0.4) is 0 Å². The summed E-state index contributed by atoms with van der Waals surface area (Å²) < 4.78 is 10.4. The molecule has 0 atom stereocenters. The zero-order valence-corrected chi connectivity index (χ0v) is 14.4. The summed E-state index contributed by atoms with van der Waals surface area (Å²) in [6, 6.07) is 11.4. The molecule has 0 heterocycles. The van der Waals surface area contributed by atoms with Crippen molar-refractivity contribution in [3.63, 3.8) is 0 Å². The van der Waals surface area contributed by atoms with Crippen LogP contribution in [0.25, 0.3) is 0 Å². The third kappa shape index (κ3) is 4.59. The van der Waals surface area contributed by atoms with Crippen LogP contribution in [0.4, 0.5) is 0 Å². The Hall–Kier alpha value is -2.82. The zero-order chi connectivity index (χ0) is 17.5. The fourth-order valence-electron chi connectivity index (χ4n) is 2.37. The molecule has 0 aliphatic rings. The third-order valence-electron chi connectivity index (χ3n) is 3.68. The number of nitrogens with zero attached hydrogens (tertiary/aromatic N) is 1. The van der Waals surface area contributed by atoms with E-state index in [9.17, 15) is 4.79 Å². The highest BCUT2D eigenvalue weighted by molar-refractivity contribution is 5.86. The lowest BCUT2D eigenvalue weighted by molar-refractivity contribution is -0.120. The van der Waals surface area contributed by atoms with Crippen molar-refractivity contribution < 1.29 is 14.3 Å². The highest BCUT2D eigenvalue weighted by Gasteiger charge is 2.06. The van der Waals surface area contributed by atoms with E-state index in [1.807, 2.05) is 26.0 Å². The number of methoxy groups -OCH3 is 2. The normalized spacial score (nSPS) is 10.7. The van der Waals surface area contributed by atoms with E-state index in [0.717, 1.165) is 16.7 Å². The maximum Gasteiger partial charge on any atom is 0.244 e. The van der Waals surface area contributed by atoms with E-state index >= 15 is 0 Å². The first-order valence-corrected chi connectivity index (χ1v) is 7.63. The van der Waals surface area contributed by atoms with Gasteiger partial charge in [0.25, 0.3) is 0 Å². The summed E-state index contributed by atoms with van der Waals surface area (Å²) in [5.41, 5.74) is 6.54. The lowest BCUT2D eigenvalue weighted by Gasteiger charge is -2.07. The number of benzene rings is 2. The molecule has 0 aliphatic carbocycles. The van der Waals surface area contributed by atoms with Crippen molar-refractivity contribution in [2.45, 2.75) is 20.3 Å². The van der Waals surface area contributed by atoms with Gasteiger partial charge < -0.3 is 9.47 Å².